The molecule has 1 fully saturated rings. The van der Waals surface area contributed by atoms with Gasteiger partial charge < -0.3 is 15.0 Å². The largest absolute Gasteiger partial charge is 0.466 e. The number of carbonyl (C=O) groups excluding carboxylic acids is 2. The van der Waals surface area contributed by atoms with E-state index in [9.17, 15) is 9.59 Å². The smallest absolute Gasteiger partial charge is 0.309 e. The summed E-state index contributed by atoms with van der Waals surface area (Å²) in [6.07, 6.45) is 1.54. The fourth-order valence-corrected chi connectivity index (χ4v) is 3.01. The molecule has 1 heterocycles. The monoisotopic (exact) mass is 339 g/mol. The number of halogens is 1. The van der Waals surface area contributed by atoms with E-state index in [1.807, 2.05) is 13.8 Å². The number of quaternary nitrogens is 1. The number of piperidine rings is 1. The maximum absolute atomic E-state index is 12.4. The zero-order valence-corrected chi connectivity index (χ0v) is 14.4. The minimum atomic E-state index is -0.158. The van der Waals surface area contributed by atoms with Crippen LogP contribution in [0, 0.1) is 5.92 Å². The van der Waals surface area contributed by atoms with Gasteiger partial charge in [-0.2, -0.15) is 0 Å². The Morgan fingerprint density at radius 2 is 1.91 bits per heavy atom. The maximum Gasteiger partial charge on any atom is 0.309 e. The normalized spacial score (nSPS) is 22.2. The van der Waals surface area contributed by atoms with Crippen LogP contribution in [0.3, 0.4) is 0 Å². The molecule has 1 saturated heterocycles. The molecule has 1 aromatic rings. The van der Waals surface area contributed by atoms with Crippen LogP contribution in [0.1, 0.15) is 26.7 Å². The van der Waals surface area contributed by atoms with E-state index in [1.165, 1.54) is 4.90 Å². The van der Waals surface area contributed by atoms with Crippen LogP contribution in [0.25, 0.3) is 0 Å². The third-order valence-electron chi connectivity index (χ3n) is 4.37. The highest BCUT2D eigenvalue weighted by Gasteiger charge is 2.33. The molecule has 0 bridgehead atoms. The van der Waals surface area contributed by atoms with Crippen LogP contribution < -0.4 is 10.2 Å². The lowest BCUT2D eigenvalue weighted by Gasteiger charge is -2.31. The van der Waals surface area contributed by atoms with Crippen molar-refractivity contribution in [1.29, 1.82) is 0 Å². The second-order valence-corrected chi connectivity index (χ2v) is 6.34. The van der Waals surface area contributed by atoms with Crippen molar-refractivity contribution in [3.63, 3.8) is 0 Å². The average Bonchev–Trinajstić information content (AvgIpc) is 2.56. The minimum Gasteiger partial charge on any atom is -0.466 e. The van der Waals surface area contributed by atoms with Crippen LogP contribution in [0.15, 0.2) is 24.3 Å². The highest BCUT2D eigenvalue weighted by Crippen LogP contribution is 2.14. The number of rotatable bonds is 5. The second kappa shape index (κ2) is 8.31. The fraction of sp³-hybridized carbons (Fsp3) is 0.529. The van der Waals surface area contributed by atoms with Crippen molar-refractivity contribution in [3.8, 4) is 0 Å². The first-order valence-corrected chi connectivity index (χ1v) is 8.46. The molecule has 2 rings (SSSR count). The number of likely N-dealkylation sites (tertiary alicyclic amines) is 1. The van der Waals surface area contributed by atoms with Crippen LogP contribution in [-0.4, -0.2) is 37.6 Å². The molecule has 1 aliphatic heterocycles. The average molecular weight is 340 g/mol. The maximum atomic E-state index is 12.4. The third kappa shape index (κ3) is 4.94. The van der Waals surface area contributed by atoms with Crippen LogP contribution >= 0.6 is 11.6 Å². The van der Waals surface area contributed by atoms with Crippen molar-refractivity contribution in [2.45, 2.75) is 32.7 Å². The Hall–Kier alpha value is -1.59. The zero-order chi connectivity index (χ0) is 16.8. The van der Waals surface area contributed by atoms with Crippen LogP contribution in [-0.2, 0) is 14.3 Å². The topological polar surface area (TPSA) is 59.8 Å². The summed E-state index contributed by atoms with van der Waals surface area (Å²) in [5, 5.41) is 3.55. The van der Waals surface area contributed by atoms with Gasteiger partial charge in [-0.25, -0.2) is 0 Å². The number of benzene rings is 1. The van der Waals surface area contributed by atoms with Crippen molar-refractivity contribution in [2.75, 3.05) is 25.0 Å². The second-order valence-electron chi connectivity index (χ2n) is 5.90. The van der Waals surface area contributed by atoms with Gasteiger partial charge in [-0.3, -0.25) is 9.59 Å². The number of carbonyl (C=O) groups is 2. The van der Waals surface area contributed by atoms with E-state index < -0.39 is 0 Å². The van der Waals surface area contributed by atoms with Gasteiger partial charge >= 0.3 is 5.97 Å². The van der Waals surface area contributed by atoms with Crippen molar-refractivity contribution in [3.05, 3.63) is 29.3 Å². The van der Waals surface area contributed by atoms with E-state index >= 15 is 0 Å². The minimum absolute atomic E-state index is 0.0168. The molecule has 1 atom stereocenters. The predicted molar refractivity (Wildman–Crippen MR) is 89.6 cm³/mol. The number of anilines is 1. The first-order chi connectivity index (χ1) is 11.0. The summed E-state index contributed by atoms with van der Waals surface area (Å²) < 4.78 is 5.07. The Bertz CT molecular complexity index is 539. The van der Waals surface area contributed by atoms with Crippen molar-refractivity contribution in [2.24, 2.45) is 5.92 Å². The molecule has 1 aliphatic rings. The van der Waals surface area contributed by atoms with Crippen LogP contribution in [0.2, 0.25) is 5.02 Å². The molecule has 0 aliphatic carbocycles. The van der Waals surface area contributed by atoms with Gasteiger partial charge in [0.05, 0.1) is 25.6 Å². The van der Waals surface area contributed by atoms with Crippen LogP contribution in [0.4, 0.5) is 5.69 Å². The van der Waals surface area contributed by atoms with E-state index in [4.69, 9.17) is 16.3 Å². The summed E-state index contributed by atoms with van der Waals surface area (Å²) >= 11 is 5.84. The lowest BCUT2D eigenvalue weighted by atomic mass is 9.96. The molecule has 0 aromatic heterocycles. The molecule has 2 N–H and O–H groups in total. The van der Waals surface area contributed by atoms with E-state index in [-0.39, 0.29) is 23.8 Å². The molecular formula is C17H24ClN2O3+. The zero-order valence-electron chi connectivity index (χ0n) is 13.6. The summed E-state index contributed by atoms with van der Waals surface area (Å²) in [5.74, 6) is -0.146. The molecule has 126 valence electrons. The van der Waals surface area contributed by atoms with E-state index in [2.05, 4.69) is 5.32 Å². The first kappa shape index (κ1) is 17.8. The Morgan fingerprint density at radius 1 is 1.30 bits per heavy atom. The van der Waals surface area contributed by atoms with Gasteiger partial charge in [-0.1, -0.05) is 11.6 Å². The Morgan fingerprint density at radius 3 is 2.48 bits per heavy atom. The van der Waals surface area contributed by atoms with Crippen molar-refractivity contribution in [1.82, 2.24) is 0 Å². The molecule has 1 amide bonds. The summed E-state index contributed by atoms with van der Waals surface area (Å²) in [6, 6.07) is 6.91. The molecular weight excluding hydrogens is 316 g/mol. The Balaban J connectivity index is 1.84. The lowest BCUT2D eigenvalue weighted by Crippen LogP contribution is -3.17. The number of nitrogens with one attached hydrogen (secondary N) is 2. The van der Waals surface area contributed by atoms with Crippen molar-refractivity contribution < 1.29 is 19.2 Å². The number of hydrogen-bond acceptors (Lipinski definition) is 3. The molecule has 5 nitrogen and oxygen atoms in total. The number of hydrogen-bond donors (Lipinski definition) is 2. The van der Waals surface area contributed by atoms with Crippen molar-refractivity contribution >= 4 is 29.2 Å². The summed E-state index contributed by atoms with van der Waals surface area (Å²) in [7, 11) is 0. The number of ether oxygens (including phenoxy) is 1. The molecule has 0 saturated carbocycles. The highest BCUT2D eigenvalue weighted by molar-refractivity contribution is 6.30. The van der Waals surface area contributed by atoms with E-state index in [0.717, 1.165) is 31.6 Å². The van der Waals surface area contributed by atoms with E-state index in [0.29, 0.717) is 11.6 Å². The standard InChI is InChI=1S/C17H23ClN2O3/c1-3-23-17(22)13-8-10-20(11-9-13)12(2)16(21)19-15-6-4-14(18)5-7-15/h4-7,12-13H,3,8-11H2,1-2H3,(H,19,21)/p+1/t12-/m0/s1. The predicted octanol–water partition coefficient (Wildman–Crippen LogP) is 1.52. The summed E-state index contributed by atoms with van der Waals surface area (Å²) in [6.45, 7) is 5.77. The number of amides is 1. The molecule has 0 radical (unpaired) electrons. The molecule has 0 spiro atoms. The van der Waals surface area contributed by atoms with Gasteiger partial charge in [0.1, 0.15) is 0 Å². The van der Waals surface area contributed by atoms with Gasteiger partial charge in [-0.15, -0.1) is 0 Å². The fourth-order valence-electron chi connectivity index (χ4n) is 2.89. The summed E-state index contributed by atoms with van der Waals surface area (Å²) in [5.41, 5.74) is 0.743. The Labute approximate surface area is 141 Å². The SMILES string of the molecule is CCOC(=O)C1CC[NH+]([C@@H](C)C(=O)Nc2ccc(Cl)cc2)CC1. The molecule has 6 heteroatoms. The van der Waals surface area contributed by atoms with Gasteiger partial charge in [0, 0.05) is 23.6 Å². The van der Waals surface area contributed by atoms with Crippen LogP contribution in [0.5, 0.6) is 0 Å². The number of esters is 1. The Kier molecular flexibility index (Phi) is 6.42. The van der Waals surface area contributed by atoms with Gasteiger partial charge in [0.15, 0.2) is 6.04 Å². The quantitative estimate of drug-likeness (QED) is 0.800. The third-order valence-corrected chi connectivity index (χ3v) is 4.62. The van der Waals surface area contributed by atoms with Gasteiger partial charge in [-0.05, 0) is 38.1 Å². The first-order valence-electron chi connectivity index (χ1n) is 8.09. The molecule has 23 heavy (non-hydrogen) atoms. The molecule has 0 unspecified atom stereocenters. The van der Waals surface area contributed by atoms with Gasteiger partial charge in [0.25, 0.3) is 5.91 Å². The summed E-state index contributed by atoms with van der Waals surface area (Å²) in [4.78, 5) is 25.3. The highest BCUT2D eigenvalue weighted by atomic mass is 35.5. The molecule has 1 aromatic carbocycles. The van der Waals surface area contributed by atoms with Gasteiger partial charge in [0.2, 0.25) is 0 Å². The van der Waals surface area contributed by atoms with E-state index in [1.54, 1.807) is 24.3 Å². The lowest BCUT2D eigenvalue weighted by molar-refractivity contribution is -0.919.